The number of nitrogens with zero attached hydrogens (tertiary/aromatic N) is 1. The van der Waals surface area contributed by atoms with Crippen molar-refractivity contribution in [3.8, 4) is 0 Å². The van der Waals surface area contributed by atoms with E-state index in [4.69, 9.17) is 5.73 Å². The first-order valence-electron chi connectivity index (χ1n) is 5.38. The highest BCUT2D eigenvalue weighted by Crippen LogP contribution is 2.22. The molecule has 0 aromatic heterocycles. The first-order chi connectivity index (χ1) is 7.25. The van der Waals surface area contributed by atoms with Gasteiger partial charge in [0, 0.05) is 24.0 Å². The highest BCUT2D eigenvalue weighted by atomic mass is 32.2. The van der Waals surface area contributed by atoms with Crippen molar-refractivity contribution in [1.82, 2.24) is 4.90 Å². The van der Waals surface area contributed by atoms with Crippen LogP contribution in [0.3, 0.4) is 0 Å². The van der Waals surface area contributed by atoms with Gasteiger partial charge in [-0.1, -0.05) is 12.1 Å². The van der Waals surface area contributed by atoms with Gasteiger partial charge in [-0.25, -0.2) is 0 Å². The van der Waals surface area contributed by atoms with Crippen molar-refractivity contribution in [2.75, 3.05) is 24.3 Å². The van der Waals surface area contributed by atoms with Crippen molar-refractivity contribution < 1.29 is 0 Å². The first-order valence-corrected chi connectivity index (χ1v) is 6.53. The van der Waals surface area contributed by atoms with Crippen molar-refractivity contribution in [3.05, 3.63) is 29.8 Å². The Morgan fingerprint density at radius 2 is 2.13 bits per heavy atom. The van der Waals surface area contributed by atoms with Crippen LogP contribution in [-0.2, 0) is 6.54 Å². The van der Waals surface area contributed by atoms with E-state index in [1.165, 1.54) is 23.5 Å². The molecule has 1 fully saturated rings. The summed E-state index contributed by atoms with van der Waals surface area (Å²) in [5.74, 6) is 2.60. The molecule has 0 aliphatic carbocycles. The molecule has 1 aromatic carbocycles. The highest BCUT2D eigenvalue weighted by Gasteiger charge is 2.19. The fraction of sp³-hybridized carbons (Fsp3) is 0.500. The van der Waals surface area contributed by atoms with Crippen molar-refractivity contribution in [2.24, 2.45) is 0 Å². The van der Waals surface area contributed by atoms with Crippen molar-refractivity contribution in [1.29, 1.82) is 0 Å². The summed E-state index contributed by atoms with van der Waals surface area (Å²) >= 11 is 2.06. The second-order valence-corrected chi connectivity index (χ2v) is 5.32. The van der Waals surface area contributed by atoms with E-state index in [9.17, 15) is 0 Å². The lowest BCUT2D eigenvalue weighted by Crippen LogP contribution is -2.30. The molecule has 0 bridgehead atoms. The molecule has 1 unspecified atom stereocenters. The van der Waals surface area contributed by atoms with Gasteiger partial charge in [-0.2, -0.15) is 11.8 Å². The summed E-state index contributed by atoms with van der Waals surface area (Å²) < 4.78 is 0. The Hall–Kier alpha value is -0.670. The van der Waals surface area contributed by atoms with E-state index in [2.05, 4.69) is 35.8 Å². The average Bonchev–Trinajstić information content (AvgIpc) is 2.74. The van der Waals surface area contributed by atoms with Crippen LogP contribution in [-0.4, -0.2) is 29.5 Å². The van der Waals surface area contributed by atoms with Crippen molar-refractivity contribution >= 4 is 17.4 Å². The van der Waals surface area contributed by atoms with E-state index in [1.807, 2.05) is 12.1 Å². The molecule has 0 amide bonds. The van der Waals surface area contributed by atoms with Crippen LogP contribution in [0.2, 0.25) is 0 Å². The Balaban J connectivity index is 1.92. The molecule has 1 heterocycles. The molecular formula is C12H18N2S. The maximum Gasteiger partial charge on any atom is 0.0314 e. The zero-order chi connectivity index (χ0) is 10.7. The third-order valence-electron chi connectivity index (χ3n) is 2.94. The second kappa shape index (κ2) is 4.90. The summed E-state index contributed by atoms with van der Waals surface area (Å²) in [4.78, 5) is 2.45. The summed E-state index contributed by atoms with van der Waals surface area (Å²) in [7, 11) is 2.22. The number of nitrogens with two attached hydrogens (primary N) is 1. The molecule has 2 nitrogen and oxygen atoms in total. The molecule has 1 aliphatic heterocycles. The minimum Gasteiger partial charge on any atom is -0.399 e. The van der Waals surface area contributed by atoms with Crippen LogP contribution >= 0.6 is 11.8 Å². The zero-order valence-corrected chi connectivity index (χ0v) is 9.96. The van der Waals surface area contributed by atoms with E-state index in [0.717, 1.165) is 18.3 Å². The quantitative estimate of drug-likeness (QED) is 0.795. The van der Waals surface area contributed by atoms with Gasteiger partial charge in [-0.15, -0.1) is 0 Å². The van der Waals surface area contributed by atoms with Gasteiger partial charge in [0.15, 0.2) is 0 Å². The Morgan fingerprint density at radius 3 is 2.73 bits per heavy atom. The highest BCUT2D eigenvalue weighted by molar-refractivity contribution is 7.99. The van der Waals surface area contributed by atoms with Gasteiger partial charge >= 0.3 is 0 Å². The standard InChI is InChI=1S/C12H18N2S/c1-14(12-6-7-15-9-12)8-10-2-4-11(13)5-3-10/h2-5,12H,6-9,13H2,1H3. The van der Waals surface area contributed by atoms with Gasteiger partial charge in [0.25, 0.3) is 0 Å². The Morgan fingerprint density at radius 1 is 1.40 bits per heavy atom. The smallest absolute Gasteiger partial charge is 0.0314 e. The number of benzene rings is 1. The van der Waals surface area contributed by atoms with Gasteiger partial charge in [-0.3, -0.25) is 4.90 Å². The van der Waals surface area contributed by atoms with Crippen LogP contribution in [0.4, 0.5) is 5.69 Å². The lowest BCUT2D eigenvalue weighted by Gasteiger charge is -2.23. The van der Waals surface area contributed by atoms with Gasteiger partial charge in [0.1, 0.15) is 0 Å². The van der Waals surface area contributed by atoms with E-state index >= 15 is 0 Å². The fourth-order valence-electron chi connectivity index (χ4n) is 1.91. The van der Waals surface area contributed by atoms with E-state index in [-0.39, 0.29) is 0 Å². The maximum absolute atomic E-state index is 5.66. The van der Waals surface area contributed by atoms with Gasteiger partial charge in [-0.05, 0) is 36.9 Å². The molecule has 0 spiro atoms. The van der Waals surface area contributed by atoms with E-state index in [1.54, 1.807) is 0 Å². The number of hydrogen-bond donors (Lipinski definition) is 1. The minimum absolute atomic E-state index is 0.757. The molecule has 82 valence electrons. The monoisotopic (exact) mass is 222 g/mol. The van der Waals surface area contributed by atoms with E-state index < -0.39 is 0 Å². The first kappa shape index (κ1) is 10.8. The maximum atomic E-state index is 5.66. The van der Waals surface area contributed by atoms with Gasteiger partial charge in [0.2, 0.25) is 0 Å². The van der Waals surface area contributed by atoms with Crippen molar-refractivity contribution in [2.45, 2.75) is 19.0 Å². The predicted molar refractivity (Wildman–Crippen MR) is 68.1 cm³/mol. The Bertz CT molecular complexity index is 304. The number of nitrogen functional groups attached to an aromatic ring is 1. The summed E-state index contributed by atoms with van der Waals surface area (Å²) in [6.07, 6.45) is 1.33. The Kier molecular flexibility index (Phi) is 3.54. The van der Waals surface area contributed by atoms with Crippen LogP contribution in [0.25, 0.3) is 0 Å². The largest absolute Gasteiger partial charge is 0.399 e. The summed E-state index contributed by atoms with van der Waals surface area (Å²) in [5.41, 5.74) is 7.86. The average molecular weight is 222 g/mol. The summed E-state index contributed by atoms with van der Waals surface area (Å²) in [6, 6.07) is 8.95. The molecule has 0 saturated carbocycles. The molecule has 2 rings (SSSR count). The summed E-state index contributed by atoms with van der Waals surface area (Å²) in [5, 5.41) is 0. The number of anilines is 1. The Labute approximate surface area is 95.8 Å². The topological polar surface area (TPSA) is 29.3 Å². The molecule has 0 radical (unpaired) electrons. The molecule has 1 aromatic rings. The van der Waals surface area contributed by atoms with E-state index in [0.29, 0.717) is 0 Å². The fourth-order valence-corrected chi connectivity index (χ4v) is 3.21. The lowest BCUT2D eigenvalue weighted by molar-refractivity contribution is 0.254. The van der Waals surface area contributed by atoms with Crippen LogP contribution in [0.1, 0.15) is 12.0 Å². The molecule has 1 atom stereocenters. The van der Waals surface area contributed by atoms with Crippen LogP contribution in [0.5, 0.6) is 0 Å². The lowest BCUT2D eigenvalue weighted by atomic mass is 10.1. The molecular weight excluding hydrogens is 204 g/mol. The minimum atomic E-state index is 0.757. The molecule has 15 heavy (non-hydrogen) atoms. The number of rotatable bonds is 3. The normalized spacial score (nSPS) is 21.1. The second-order valence-electron chi connectivity index (χ2n) is 4.17. The third kappa shape index (κ3) is 2.89. The SMILES string of the molecule is CN(Cc1ccc(N)cc1)C1CCSC1. The molecule has 1 saturated heterocycles. The van der Waals surface area contributed by atoms with Crippen LogP contribution in [0, 0.1) is 0 Å². The zero-order valence-electron chi connectivity index (χ0n) is 9.15. The van der Waals surface area contributed by atoms with Gasteiger partial charge < -0.3 is 5.73 Å². The summed E-state index contributed by atoms with van der Waals surface area (Å²) in [6.45, 7) is 1.03. The molecule has 2 N–H and O–H groups in total. The third-order valence-corrected chi connectivity index (χ3v) is 4.09. The van der Waals surface area contributed by atoms with Gasteiger partial charge in [0.05, 0.1) is 0 Å². The van der Waals surface area contributed by atoms with Crippen LogP contribution < -0.4 is 5.73 Å². The predicted octanol–water partition coefficient (Wildman–Crippen LogP) is 2.21. The molecule has 1 aliphatic rings. The number of hydrogen-bond acceptors (Lipinski definition) is 3. The number of thioether (sulfide) groups is 1. The van der Waals surface area contributed by atoms with Crippen molar-refractivity contribution in [3.63, 3.8) is 0 Å². The molecule has 3 heteroatoms. The van der Waals surface area contributed by atoms with Crippen LogP contribution in [0.15, 0.2) is 24.3 Å².